The highest BCUT2D eigenvalue weighted by Crippen LogP contribution is 2.30. The molecule has 6 N–H and O–H groups in total. The van der Waals surface area contributed by atoms with Gasteiger partial charge in [-0.25, -0.2) is 0 Å². The Morgan fingerprint density at radius 1 is 1.44 bits per heavy atom. The SMILES string of the molecule is NC(N)=NC[C@H](O)c1cc(O)cc(SBr)c1. The number of nitrogens with two attached hydrogens (primary N) is 2. The highest BCUT2D eigenvalue weighted by Gasteiger charge is 2.09. The molecular formula is C9H12BrN3O2S. The van der Waals surface area contributed by atoms with Gasteiger partial charge in [-0.1, -0.05) is 0 Å². The first-order valence-corrected chi connectivity index (χ1v) is 7.05. The van der Waals surface area contributed by atoms with E-state index in [1.807, 2.05) is 0 Å². The van der Waals surface area contributed by atoms with Gasteiger partial charge in [-0.05, 0) is 48.8 Å². The summed E-state index contributed by atoms with van der Waals surface area (Å²) in [5.41, 5.74) is 10.9. The number of guanidine groups is 1. The monoisotopic (exact) mass is 305 g/mol. The molecule has 1 rings (SSSR count). The van der Waals surface area contributed by atoms with Gasteiger partial charge in [0.05, 0.1) is 12.6 Å². The summed E-state index contributed by atoms with van der Waals surface area (Å²) in [6.07, 6.45) is -0.840. The zero-order valence-electron chi connectivity index (χ0n) is 8.30. The van der Waals surface area contributed by atoms with Gasteiger partial charge in [-0.3, -0.25) is 4.99 Å². The molecule has 0 saturated heterocycles. The largest absolute Gasteiger partial charge is 0.508 e. The molecular weight excluding hydrogens is 294 g/mol. The van der Waals surface area contributed by atoms with E-state index in [-0.39, 0.29) is 18.3 Å². The number of aromatic hydroxyl groups is 1. The van der Waals surface area contributed by atoms with E-state index in [1.165, 1.54) is 16.3 Å². The summed E-state index contributed by atoms with van der Waals surface area (Å²) in [6.45, 7) is 0.0676. The van der Waals surface area contributed by atoms with Crippen LogP contribution >= 0.6 is 25.0 Å². The highest BCUT2D eigenvalue weighted by molar-refractivity contribution is 9.50. The zero-order chi connectivity index (χ0) is 12.1. The molecule has 0 bridgehead atoms. The first-order chi connectivity index (χ1) is 7.52. The Kier molecular flexibility index (Phi) is 4.91. The second kappa shape index (κ2) is 5.97. The average Bonchev–Trinajstić information content (AvgIpc) is 2.24. The van der Waals surface area contributed by atoms with Gasteiger partial charge in [0.25, 0.3) is 0 Å². The van der Waals surface area contributed by atoms with Gasteiger partial charge in [0, 0.05) is 4.90 Å². The van der Waals surface area contributed by atoms with Gasteiger partial charge in [-0.2, -0.15) is 0 Å². The van der Waals surface area contributed by atoms with Crippen molar-refractivity contribution in [1.82, 2.24) is 0 Å². The van der Waals surface area contributed by atoms with Crippen LogP contribution in [0.1, 0.15) is 11.7 Å². The Morgan fingerprint density at radius 2 is 2.12 bits per heavy atom. The third-order valence-corrected chi connectivity index (χ3v) is 3.37. The number of aliphatic hydroxyl groups excluding tert-OH is 1. The van der Waals surface area contributed by atoms with Crippen molar-refractivity contribution >= 4 is 31.0 Å². The van der Waals surface area contributed by atoms with Crippen LogP contribution in [0.15, 0.2) is 28.1 Å². The number of rotatable bonds is 4. The number of aliphatic imine (C=N–C) groups is 1. The van der Waals surface area contributed by atoms with E-state index in [0.29, 0.717) is 5.56 Å². The van der Waals surface area contributed by atoms with Crippen molar-refractivity contribution in [3.05, 3.63) is 23.8 Å². The quantitative estimate of drug-likeness (QED) is 0.492. The summed E-state index contributed by atoms with van der Waals surface area (Å²) >= 11 is 3.19. The standard InChI is InChI=1S/C9H12BrN3O2S/c10-16-7-2-5(1-6(14)3-7)8(15)4-13-9(11)12/h1-3,8,14-15H,4H2,(H4,11,12,13)/t8-/m0/s1. The molecule has 0 aromatic heterocycles. The summed E-state index contributed by atoms with van der Waals surface area (Å²) < 4.78 is 0. The first kappa shape index (κ1) is 13.1. The third-order valence-electron chi connectivity index (χ3n) is 1.83. The lowest BCUT2D eigenvalue weighted by Crippen LogP contribution is -2.23. The van der Waals surface area contributed by atoms with Gasteiger partial charge >= 0.3 is 0 Å². The van der Waals surface area contributed by atoms with Crippen LogP contribution in [-0.4, -0.2) is 22.7 Å². The van der Waals surface area contributed by atoms with Crippen LogP contribution in [0.4, 0.5) is 0 Å². The Hall–Kier alpha value is -0.920. The van der Waals surface area contributed by atoms with E-state index in [1.54, 1.807) is 12.1 Å². The summed E-state index contributed by atoms with van der Waals surface area (Å²) in [4.78, 5) is 4.50. The predicted octanol–water partition coefficient (Wildman–Crippen LogP) is 1.10. The molecule has 0 radical (unpaired) electrons. The van der Waals surface area contributed by atoms with E-state index in [0.717, 1.165) is 4.90 Å². The van der Waals surface area contributed by atoms with Crippen LogP contribution in [0.5, 0.6) is 5.75 Å². The number of phenolic OH excluding ortho intramolecular Hbond substituents is 1. The van der Waals surface area contributed by atoms with Crippen molar-refractivity contribution in [2.75, 3.05) is 6.54 Å². The Morgan fingerprint density at radius 3 is 2.69 bits per heavy atom. The fourth-order valence-electron chi connectivity index (χ4n) is 1.14. The molecule has 1 aromatic rings. The number of hydrogen-bond donors (Lipinski definition) is 4. The maximum atomic E-state index is 9.76. The van der Waals surface area contributed by atoms with Crippen LogP contribution in [0.2, 0.25) is 0 Å². The number of nitrogens with zero attached hydrogens (tertiary/aromatic N) is 1. The molecule has 0 aliphatic heterocycles. The molecule has 7 heteroatoms. The summed E-state index contributed by atoms with van der Waals surface area (Å²) in [7, 11) is 1.30. The molecule has 16 heavy (non-hydrogen) atoms. The van der Waals surface area contributed by atoms with Crippen LogP contribution in [0, 0.1) is 0 Å². The summed E-state index contributed by atoms with van der Waals surface area (Å²) in [5, 5.41) is 19.2. The van der Waals surface area contributed by atoms with Crippen LogP contribution in [-0.2, 0) is 0 Å². The molecule has 5 nitrogen and oxygen atoms in total. The molecule has 0 saturated carbocycles. The minimum Gasteiger partial charge on any atom is -0.508 e. The Labute approximate surface area is 105 Å². The van der Waals surface area contributed by atoms with Crippen LogP contribution < -0.4 is 11.5 Å². The minimum atomic E-state index is -0.840. The lowest BCUT2D eigenvalue weighted by molar-refractivity contribution is 0.186. The van der Waals surface area contributed by atoms with E-state index >= 15 is 0 Å². The van der Waals surface area contributed by atoms with Crippen molar-refractivity contribution in [1.29, 1.82) is 0 Å². The molecule has 88 valence electrons. The maximum absolute atomic E-state index is 9.76. The Bertz CT molecular complexity index is 396. The number of halogens is 1. The normalized spacial score (nSPS) is 12.1. The molecule has 0 spiro atoms. The molecule has 0 heterocycles. The lowest BCUT2D eigenvalue weighted by atomic mass is 10.1. The van der Waals surface area contributed by atoms with E-state index in [4.69, 9.17) is 11.5 Å². The average molecular weight is 306 g/mol. The topological polar surface area (TPSA) is 105 Å². The maximum Gasteiger partial charge on any atom is 0.186 e. The molecule has 0 fully saturated rings. The molecule has 0 unspecified atom stereocenters. The molecule has 0 amide bonds. The van der Waals surface area contributed by atoms with Crippen LogP contribution in [0.3, 0.4) is 0 Å². The second-order valence-electron chi connectivity index (χ2n) is 3.12. The van der Waals surface area contributed by atoms with Crippen molar-refractivity contribution in [2.24, 2.45) is 16.5 Å². The van der Waals surface area contributed by atoms with E-state index in [2.05, 4.69) is 19.8 Å². The summed E-state index contributed by atoms with van der Waals surface area (Å²) in [5.74, 6) is 0.0116. The molecule has 1 atom stereocenters. The molecule has 0 aliphatic carbocycles. The number of benzene rings is 1. The molecule has 0 aliphatic rings. The van der Waals surface area contributed by atoms with Crippen molar-refractivity contribution in [3.8, 4) is 5.75 Å². The fraction of sp³-hybridized carbons (Fsp3) is 0.222. The van der Waals surface area contributed by atoms with E-state index in [9.17, 15) is 10.2 Å². The third kappa shape index (κ3) is 3.92. The second-order valence-corrected chi connectivity index (χ2v) is 4.72. The van der Waals surface area contributed by atoms with Gasteiger partial charge in [-0.15, -0.1) is 0 Å². The van der Waals surface area contributed by atoms with Gasteiger partial charge < -0.3 is 21.7 Å². The Balaban J connectivity index is 2.86. The van der Waals surface area contributed by atoms with E-state index < -0.39 is 6.10 Å². The summed E-state index contributed by atoms with van der Waals surface area (Å²) in [6, 6.07) is 4.79. The van der Waals surface area contributed by atoms with Gasteiger partial charge in [0.15, 0.2) is 5.96 Å². The first-order valence-electron chi connectivity index (χ1n) is 4.39. The number of phenols is 1. The fourth-order valence-corrected chi connectivity index (χ4v) is 2.05. The number of aliphatic hydroxyl groups is 1. The van der Waals surface area contributed by atoms with Gasteiger partial charge in [0.1, 0.15) is 5.75 Å². The minimum absolute atomic E-state index is 0.0676. The van der Waals surface area contributed by atoms with Crippen molar-refractivity contribution < 1.29 is 10.2 Å². The predicted molar refractivity (Wildman–Crippen MR) is 68.5 cm³/mol. The van der Waals surface area contributed by atoms with Gasteiger partial charge in [0.2, 0.25) is 0 Å². The molecule has 1 aromatic carbocycles. The number of hydrogen-bond acceptors (Lipinski definition) is 4. The smallest absolute Gasteiger partial charge is 0.186 e. The van der Waals surface area contributed by atoms with Crippen LogP contribution in [0.25, 0.3) is 0 Å². The highest BCUT2D eigenvalue weighted by atomic mass is 79.9. The zero-order valence-corrected chi connectivity index (χ0v) is 10.7. The lowest BCUT2D eigenvalue weighted by Gasteiger charge is -2.10. The van der Waals surface area contributed by atoms with Crippen molar-refractivity contribution in [3.63, 3.8) is 0 Å². The van der Waals surface area contributed by atoms with Crippen molar-refractivity contribution in [2.45, 2.75) is 11.0 Å².